The van der Waals surface area contributed by atoms with Gasteiger partial charge in [0.2, 0.25) is 0 Å². The Bertz CT molecular complexity index is 2090. The molecule has 3 heterocycles. The van der Waals surface area contributed by atoms with E-state index in [0.717, 1.165) is 23.8 Å². The number of aliphatic carboxylic acids is 1. The lowest BCUT2D eigenvalue weighted by atomic mass is 9.95. The van der Waals surface area contributed by atoms with E-state index < -0.39 is 23.5 Å². The van der Waals surface area contributed by atoms with Crippen LogP contribution in [0.25, 0.3) is 5.57 Å². The summed E-state index contributed by atoms with van der Waals surface area (Å²) in [5.74, 6) is -1.05. The number of ether oxygens (including phenoxy) is 2. The van der Waals surface area contributed by atoms with Gasteiger partial charge < -0.3 is 19.5 Å². The normalized spacial score (nSPS) is 16.2. The average molecular weight is 674 g/mol. The molecule has 4 aromatic rings. The minimum absolute atomic E-state index is 0.246. The van der Waals surface area contributed by atoms with E-state index in [2.05, 4.69) is 4.99 Å². The number of anilines is 1. The number of hydrogen-bond donors (Lipinski definition) is 1. The Morgan fingerprint density at radius 3 is 2.30 bits per heavy atom. The second kappa shape index (κ2) is 13.8. The zero-order valence-electron chi connectivity index (χ0n) is 26.3. The summed E-state index contributed by atoms with van der Waals surface area (Å²) in [5.41, 5.74) is 3.42. The minimum atomic E-state index is -0.833. The number of esters is 1. The summed E-state index contributed by atoms with van der Waals surface area (Å²) in [6.07, 6.45) is -0.368. The Labute approximate surface area is 279 Å². The van der Waals surface area contributed by atoms with E-state index in [1.165, 1.54) is 4.57 Å². The Hall–Kier alpha value is -5.00. The van der Waals surface area contributed by atoms with Crippen LogP contribution < -0.4 is 24.5 Å². The van der Waals surface area contributed by atoms with Gasteiger partial charge in [-0.15, -0.1) is 0 Å². The van der Waals surface area contributed by atoms with Crippen LogP contribution in [0, 0.1) is 0 Å². The molecule has 0 radical (unpaired) electrons. The lowest BCUT2D eigenvalue weighted by Crippen LogP contribution is -2.41. The molecule has 1 atom stereocenters. The average Bonchev–Trinajstić information content (AvgIpc) is 3.48. The van der Waals surface area contributed by atoms with Gasteiger partial charge in [0.1, 0.15) is 10.3 Å². The van der Waals surface area contributed by atoms with Crippen molar-refractivity contribution in [1.29, 1.82) is 0 Å². The molecule has 10 nitrogen and oxygen atoms in total. The van der Waals surface area contributed by atoms with E-state index >= 15 is 0 Å². The van der Waals surface area contributed by atoms with E-state index in [9.17, 15) is 14.4 Å². The van der Waals surface area contributed by atoms with Crippen LogP contribution >= 0.6 is 22.9 Å². The van der Waals surface area contributed by atoms with E-state index in [1.54, 1.807) is 51.0 Å². The fourth-order valence-electron chi connectivity index (χ4n) is 5.47. The molecule has 12 heteroatoms. The summed E-state index contributed by atoms with van der Waals surface area (Å²) in [6.45, 7) is 6.60. The van der Waals surface area contributed by atoms with Crippen molar-refractivity contribution in [2.75, 3.05) is 12.0 Å². The molecule has 3 aromatic carbocycles. The molecule has 1 unspecified atom stereocenters. The van der Waals surface area contributed by atoms with E-state index in [0.29, 0.717) is 43.7 Å². The Morgan fingerprint density at radius 1 is 1.02 bits per heavy atom. The maximum Gasteiger partial charge on any atom is 0.338 e. The SMILES string of the molecule is CC(=O)O.COc1ccc(C2C(C(=O)OC(C)C)=C(C)N=c3s/c(=C4\C(=O)N(Cc5ccccc5Cl)c5ccccc54)c(=O)n32)cc1. The van der Waals surface area contributed by atoms with Crippen LogP contribution in [0.1, 0.15) is 50.4 Å². The first-order valence-corrected chi connectivity index (χ1v) is 15.9. The van der Waals surface area contributed by atoms with Crippen molar-refractivity contribution in [1.82, 2.24) is 4.57 Å². The molecular formula is C35H32ClN3O7S. The van der Waals surface area contributed by atoms with E-state index in [-0.39, 0.29) is 28.7 Å². The third-order valence-corrected chi connectivity index (χ3v) is 8.85. The molecule has 0 bridgehead atoms. The number of para-hydroxylation sites is 1. The van der Waals surface area contributed by atoms with Gasteiger partial charge in [-0.05, 0) is 56.2 Å². The van der Waals surface area contributed by atoms with Gasteiger partial charge in [0.15, 0.2) is 4.80 Å². The minimum Gasteiger partial charge on any atom is -0.497 e. The highest BCUT2D eigenvalue weighted by atomic mass is 35.5. The maximum absolute atomic E-state index is 14.4. The van der Waals surface area contributed by atoms with Crippen LogP contribution in [-0.4, -0.2) is 40.7 Å². The van der Waals surface area contributed by atoms with E-state index in [4.69, 9.17) is 31.0 Å². The number of carbonyl (C=O) groups is 3. The van der Waals surface area contributed by atoms with Crippen molar-refractivity contribution in [3.63, 3.8) is 0 Å². The van der Waals surface area contributed by atoms with Crippen molar-refractivity contribution < 1.29 is 29.0 Å². The van der Waals surface area contributed by atoms with Crippen molar-refractivity contribution in [3.8, 4) is 5.75 Å². The smallest absolute Gasteiger partial charge is 0.338 e. The number of thiazole rings is 1. The monoisotopic (exact) mass is 673 g/mol. The number of halogens is 1. The number of allylic oxidation sites excluding steroid dienone is 1. The molecular weight excluding hydrogens is 642 g/mol. The van der Waals surface area contributed by atoms with Gasteiger partial charge in [-0.25, -0.2) is 9.79 Å². The maximum atomic E-state index is 14.4. The first-order valence-electron chi connectivity index (χ1n) is 14.7. The summed E-state index contributed by atoms with van der Waals surface area (Å²) in [5, 5.41) is 7.97. The van der Waals surface area contributed by atoms with E-state index in [1.807, 2.05) is 54.6 Å². The van der Waals surface area contributed by atoms with Gasteiger partial charge >= 0.3 is 5.97 Å². The number of nitrogens with zero attached hydrogens (tertiary/aromatic N) is 3. The van der Waals surface area contributed by atoms with Gasteiger partial charge in [-0.3, -0.25) is 19.0 Å². The molecule has 2 aliphatic rings. The fourth-order valence-corrected chi connectivity index (χ4v) is 6.80. The third-order valence-electron chi connectivity index (χ3n) is 7.43. The van der Waals surface area contributed by atoms with Crippen LogP contribution in [0.15, 0.2) is 93.9 Å². The highest BCUT2D eigenvalue weighted by Gasteiger charge is 2.37. The highest BCUT2D eigenvalue weighted by Crippen LogP contribution is 2.37. The number of carbonyl (C=O) groups excluding carboxylic acids is 2. The molecule has 242 valence electrons. The van der Waals surface area contributed by atoms with Gasteiger partial charge in [0.25, 0.3) is 17.4 Å². The van der Waals surface area contributed by atoms with Crippen LogP contribution in [0.3, 0.4) is 0 Å². The molecule has 6 rings (SSSR count). The molecule has 0 saturated heterocycles. The number of carboxylic acids is 1. The number of methoxy groups -OCH3 is 1. The topological polar surface area (TPSA) is 128 Å². The molecule has 2 aliphatic heterocycles. The van der Waals surface area contributed by atoms with Gasteiger partial charge in [-0.2, -0.15) is 0 Å². The molecule has 0 aliphatic carbocycles. The summed E-state index contributed by atoms with van der Waals surface area (Å²) in [4.78, 5) is 57.6. The number of hydrogen-bond acceptors (Lipinski definition) is 8. The molecule has 0 spiro atoms. The first-order chi connectivity index (χ1) is 22.4. The lowest BCUT2D eigenvalue weighted by Gasteiger charge is -2.25. The number of rotatable bonds is 6. The molecule has 0 saturated carbocycles. The number of fused-ring (bicyclic) bond motifs is 2. The third kappa shape index (κ3) is 6.63. The predicted molar refractivity (Wildman–Crippen MR) is 179 cm³/mol. The summed E-state index contributed by atoms with van der Waals surface area (Å²) in [6, 6.07) is 21.1. The van der Waals surface area contributed by atoms with Crippen molar-refractivity contribution in [2.24, 2.45) is 4.99 Å². The Morgan fingerprint density at radius 2 is 1.66 bits per heavy atom. The number of aromatic nitrogens is 1. The number of amides is 1. The Kier molecular flexibility index (Phi) is 9.78. The summed E-state index contributed by atoms with van der Waals surface area (Å²) < 4.78 is 12.7. The van der Waals surface area contributed by atoms with Crippen molar-refractivity contribution >= 4 is 52.0 Å². The molecule has 0 fully saturated rings. The quantitative estimate of drug-likeness (QED) is 0.290. The second-order valence-corrected chi connectivity index (χ2v) is 12.4. The summed E-state index contributed by atoms with van der Waals surface area (Å²) in [7, 11) is 1.57. The number of carboxylic acid groups (broad SMARTS) is 1. The fraction of sp³-hybridized carbons (Fsp3) is 0.229. The summed E-state index contributed by atoms with van der Waals surface area (Å²) >= 11 is 7.58. The molecule has 1 aromatic heterocycles. The Balaban J connectivity index is 0.00000103. The van der Waals surface area contributed by atoms with Gasteiger partial charge in [0.05, 0.1) is 48.3 Å². The lowest BCUT2D eigenvalue weighted by molar-refractivity contribution is -0.143. The standard InChI is InChI=1S/C33H28ClN3O5S.C2H4O2/c1-18(2)42-32(40)26-19(3)35-33-37(28(26)20-13-15-22(41-4)16-14-20)31(39)29(43-33)27-23-10-6-8-12-25(23)36(30(27)38)17-21-9-5-7-11-24(21)34;1-2(3)4/h5-16,18,28H,17H2,1-4H3;1H3,(H,3,4)/b29-27-;. The van der Waals surface area contributed by atoms with Crippen LogP contribution in [-0.2, 0) is 25.7 Å². The van der Waals surface area contributed by atoms with Crippen LogP contribution in [0.2, 0.25) is 5.02 Å². The molecule has 1 N–H and O–H groups in total. The second-order valence-electron chi connectivity index (χ2n) is 11.0. The highest BCUT2D eigenvalue weighted by molar-refractivity contribution is 7.07. The van der Waals surface area contributed by atoms with Crippen LogP contribution in [0.5, 0.6) is 5.75 Å². The molecule has 47 heavy (non-hydrogen) atoms. The van der Waals surface area contributed by atoms with Gasteiger partial charge in [-0.1, -0.05) is 71.5 Å². The van der Waals surface area contributed by atoms with Crippen LogP contribution in [0.4, 0.5) is 5.69 Å². The largest absolute Gasteiger partial charge is 0.497 e. The molecule has 1 amide bonds. The first kappa shape index (κ1) is 33.4. The zero-order chi connectivity index (χ0) is 34.0. The zero-order valence-corrected chi connectivity index (χ0v) is 27.9. The van der Waals surface area contributed by atoms with Crippen molar-refractivity contribution in [3.05, 3.63) is 125 Å². The van der Waals surface area contributed by atoms with Gasteiger partial charge in [0, 0.05) is 17.5 Å². The number of benzene rings is 3. The predicted octanol–water partition coefficient (Wildman–Crippen LogP) is 4.86. The van der Waals surface area contributed by atoms with Crippen molar-refractivity contribution in [2.45, 2.75) is 46.4 Å².